The van der Waals surface area contributed by atoms with Crippen LogP contribution in [-0.2, 0) is 14.6 Å². The highest BCUT2D eigenvalue weighted by atomic mass is 127. The van der Waals surface area contributed by atoms with Crippen molar-refractivity contribution >= 4 is 36.3 Å². The molecule has 2 N–H and O–H groups in total. The predicted octanol–water partition coefficient (Wildman–Crippen LogP) is -0.0552. The molecule has 0 atom stereocenters. The SMILES string of the molecule is CS(=O)(=O)CCOCCN1NC=C2NC(I)=NC=C21. The van der Waals surface area contributed by atoms with Crippen LogP contribution in [0.4, 0.5) is 0 Å². The van der Waals surface area contributed by atoms with Gasteiger partial charge in [0, 0.05) is 12.5 Å². The Morgan fingerprint density at radius 2 is 2.26 bits per heavy atom. The summed E-state index contributed by atoms with van der Waals surface area (Å²) in [6, 6.07) is 0. The Bertz CT molecular complexity index is 541. The molecular formula is C10H15IN4O3S. The molecule has 0 saturated carbocycles. The van der Waals surface area contributed by atoms with Crippen molar-refractivity contribution in [2.24, 2.45) is 4.99 Å². The van der Waals surface area contributed by atoms with E-state index in [0.717, 1.165) is 15.2 Å². The average Bonchev–Trinajstić information content (AvgIpc) is 2.69. The van der Waals surface area contributed by atoms with Crippen LogP contribution in [0, 0.1) is 0 Å². The molecule has 2 heterocycles. The van der Waals surface area contributed by atoms with Gasteiger partial charge in [-0.15, -0.1) is 0 Å². The summed E-state index contributed by atoms with van der Waals surface area (Å²) in [7, 11) is -2.95. The van der Waals surface area contributed by atoms with E-state index in [4.69, 9.17) is 4.74 Å². The molecule has 0 aromatic heterocycles. The van der Waals surface area contributed by atoms with Crippen molar-refractivity contribution < 1.29 is 13.2 Å². The molecule has 0 saturated heterocycles. The first-order chi connectivity index (χ1) is 8.96. The summed E-state index contributed by atoms with van der Waals surface area (Å²) in [5.74, 6) is 0.0523. The topological polar surface area (TPSA) is 83.0 Å². The smallest absolute Gasteiger partial charge is 0.169 e. The fraction of sp³-hybridized carbons (Fsp3) is 0.500. The number of rotatable bonds is 6. The maximum absolute atomic E-state index is 10.9. The number of hydrogen-bond donors (Lipinski definition) is 2. The van der Waals surface area contributed by atoms with Crippen molar-refractivity contribution in [1.29, 1.82) is 0 Å². The lowest BCUT2D eigenvalue weighted by atomic mass is 10.3. The number of hydrazine groups is 1. The maximum atomic E-state index is 10.9. The minimum absolute atomic E-state index is 0.0523. The maximum Gasteiger partial charge on any atom is 0.169 e. The Hall–Kier alpha value is -0.810. The molecular weight excluding hydrogens is 383 g/mol. The normalized spacial score (nSPS) is 18.0. The molecule has 7 nitrogen and oxygen atoms in total. The van der Waals surface area contributed by atoms with Gasteiger partial charge < -0.3 is 15.5 Å². The van der Waals surface area contributed by atoms with Gasteiger partial charge in [0.1, 0.15) is 15.5 Å². The highest BCUT2D eigenvalue weighted by Gasteiger charge is 2.22. The third-order valence-electron chi connectivity index (χ3n) is 2.53. The van der Waals surface area contributed by atoms with Crippen molar-refractivity contribution in [2.75, 3.05) is 31.8 Å². The first kappa shape index (κ1) is 14.6. The van der Waals surface area contributed by atoms with Gasteiger partial charge in [0.2, 0.25) is 0 Å². The molecule has 9 heteroatoms. The van der Waals surface area contributed by atoms with Gasteiger partial charge in [0.05, 0.1) is 37.4 Å². The number of fused-ring (bicyclic) bond motifs is 1. The van der Waals surface area contributed by atoms with E-state index in [1.807, 2.05) is 11.2 Å². The molecule has 0 amide bonds. The highest BCUT2D eigenvalue weighted by molar-refractivity contribution is 14.1. The third-order valence-corrected chi connectivity index (χ3v) is 3.98. The largest absolute Gasteiger partial charge is 0.378 e. The van der Waals surface area contributed by atoms with Crippen molar-refractivity contribution in [3.8, 4) is 0 Å². The van der Waals surface area contributed by atoms with E-state index in [2.05, 4.69) is 38.3 Å². The van der Waals surface area contributed by atoms with Gasteiger partial charge in [-0.2, -0.15) is 0 Å². The van der Waals surface area contributed by atoms with Crippen LogP contribution < -0.4 is 10.7 Å². The molecule has 2 aliphatic rings. The van der Waals surface area contributed by atoms with Crippen molar-refractivity contribution in [1.82, 2.24) is 15.8 Å². The summed E-state index contributed by atoms with van der Waals surface area (Å²) in [5.41, 5.74) is 5.01. The van der Waals surface area contributed by atoms with Crippen LogP contribution >= 0.6 is 22.6 Å². The minimum Gasteiger partial charge on any atom is -0.378 e. The van der Waals surface area contributed by atoms with E-state index in [0.29, 0.717) is 13.2 Å². The minimum atomic E-state index is -2.95. The van der Waals surface area contributed by atoms with E-state index in [1.54, 1.807) is 6.20 Å². The van der Waals surface area contributed by atoms with Crippen molar-refractivity contribution in [2.45, 2.75) is 0 Å². The Kier molecular flexibility index (Phi) is 4.68. The fourth-order valence-electron chi connectivity index (χ4n) is 1.59. The summed E-state index contributed by atoms with van der Waals surface area (Å²) in [6.45, 7) is 1.28. The summed E-state index contributed by atoms with van der Waals surface area (Å²) < 4.78 is 28.0. The number of amidine groups is 1. The number of nitrogens with one attached hydrogen (secondary N) is 2. The Morgan fingerprint density at radius 1 is 1.47 bits per heavy atom. The Morgan fingerprint density at radius 3 is 3.00 bits per heavy atom. The highest BCUT2D eigenvalue weighted by Crippen LogP contribution is 2.20. The number of halogens is 1. The summed E-state index contributed by atoms with van der Waals surface area (Å²) in [6.07, 6.45) is 4.84. The summed E-state index contributed by atoms with van der Waals surface area (Å²) in [4.78, 5) is 4.19. The molecule has 0 aromatic rings. The standard InChI is InChI=1S/C10H15IN4O3S/c1-19(16,17)5-4-18-3-2-15-9-7-12-10(11)14-8(9)6-13-15/h6-7,13H,2-5H2,1H3,(H,12,14). The van der Waals surface area contributed by atoms with Crippen LogP contribution in [0.1, 0.15) is 0 Å². The van der Waals surface area contributed by atoms with Crippen LogP contribution in [0.25, 0.3) is 0 Å². The second-order valence-electron chi connectivity index (χ2n) is 4.14. The summed E-state index contributed by atoms with van der Waals surface area (Å²) in [5, 5.41) is 5.03. The zero-order chi connectivity index (χ0) is 13.9. The molecule has 106 valence electrons. The lowest BCUT2D eigenvalue weighted by molar-refractivity contribution is 0.119. The van der Waals surface area contributed by atoms with Crippen LogP contribution in [0.5, 0.6) is 0 Å². The average molecular weight is 398 g/mol. The van der Waals surface area contributed by atoms with Crippen LogP contribution in [0.3, 0.4) is 0 Å². The molecule has 0 unspecified atom stereocenters. The predicted molar refractivity (Wildman–Crippen MR) is 81.1 cm³/mol. The van der Waals surface area contributed by atoms with Crippen LogP contribution in [0.2, 0.25) is 0 Å². The fourth-order valence-corrected chi connectivity index (χ4v) is 2.44. The first-order valence-electron chi connectivity index (χ1n) is 5.66. The molecule has 0 radical (unpaired) electrons. The first-order valence-corrected chi connectivity index (χ1v) is 8.80. The van der Waals surface area contributed by atoms with Gasteiger partial charge in [-0.05, 0) is 22.6 Å². The van der Waals surface area contributed by atoms with Crippen LogP contribution in [0.15, 0.2) is 28.8 Å². The van der Waals surface area contributed by atoms with Gasteiger partial charge in [0.15, 0.2) is 3.84 Å². The zero-order valence-electron chi connectivity index (χ0n) is 10.4. The van der Waals surface area contributed by atoms with E-state index < -0.39 is 9.84 Å². The number of aliphatic imine (C=N–C) groups is 1. The van der Waals surface area contributed by atoms with Gasteiger partial charge in [0.25, 0.3) is 0 Å². The lowest BCUT2D eigenvalue weighted by Crippen LogP contribution is -2.34. The number of nitrogens with zero attached hydrogens (tertiary/aromatic N) is 2. The van der Waals surface area contributed by atoms with Crippen molar-refractivity contribution in [3.05, 3.63) is 23.8 Å². The second kappa shape index (κ2) is 6.09. The molecule has 2 rings (SSSR count). The zero-order valence-corrected chi connectivity index (χ0v) is 13.4. The molecule has 0 aromatic carbocycles. The monoisotopic (exact) mass is 398 g/mol. The number of sulfone groups is 1. The van der Waals surface area contributed by atoms with Crippen molar-refractivity contribution in [3.63, 3.8) is 0 Å². The molecule has 19 heavy (non-hydrogen) atoms. The Balaban J connectivity index is 1.74. The third kappa shape index (κ3) is 4.35. The van der Waals surface area contributed by atoms with Crippen LogP contribution in [-0.4, -0.2) is 49.0 Å². The van der Waals surface area contributed by atoms with Gasteiger partial charge in [-0.3, -0.25) is 5.01 Å². The van der Waals surface area contributed by atoms with Gasteiger partial charge in [-0.1, -0.05) is 0 Å². The molecule has 2 aliphatic heterocycles. The van der Waals surface area contributed by atoms with E-state index >= 15 is 0 Å². The summed E-state index contributed by atoms with van der Waals surface area (Å²) >= 11 is 2.11. The molecule has 0 fully saturated rings. The number of hydrogen-bond acceptors (Lipinski definition) is 7. The molecule has 0 spiro atoms. The Labute approximate surface area is 125 Å². The van der Waals surface area contributed by atoms with E-state index in [1.165, 1.54) is 6.26 Å². The van der Waals surface area contributed by atoms with E-state index in [9.17, 15) is 8.42 Å². The lowest BCUT2D eigenvalue weighted by Gasteiger charge is -2.22. The van der Waals surface area contributed by atoms with Gasteiger partial charge in [-0.25, -0.2) is 13.4 Å². The van der Waals surface area contributed by atoms with E-state index in [-0.39, 0.29) is 12.4 Å². The second-order valence-corrected chi connectivity index (χ2v) is 7.42. The number of ether oxygens (including phenoxy) is 1. The van der Waals surface area contributed by atoms with Gasteiger partial charge >= 0.3 is 0 Å². The molecule has 0 aliphatic carbocycles. The molecule has 0 bridgehead atoms. The quantitative estimate of drug-likeness (QED) is 0.371.